The summed E-state index contributed by atoms with van der Waals surface area (Å²) in [4.78, 5) is 15.2. The van der Waals surface area contributed by atoms with Crippen molar-refractivity contribution in [2.24, 2.45) is 0 Å². The number of carbonyl (C=O) groups is 1. The average molecular weight is 211 g/mol. The SMILES string of the molecule is CCc1cccc(-c2ncccc2C=O)c1. The fourth-order valence-corrected chi connectivity index (χ4v) is 1.69. The van der Waals surface area contributed by atoms with E-state index in [0.717, 1.165) is 24.0 Å². The number of aldehydes is 1. The Morgan fingerprint density at radius 1 is 1.25 bits per heavy atom. The van der Waals surface area contributed by atoms with Crippen LogP contribution in [0.5, 0.6) is 0 Å². The van der Waals surface area contributed by atoms with Crippen molar-refractivity contribution in [2.75, 3.05) is 0 Å². The van der Waals surface area contributed by atoms with Gasteiger partial charge in [0, 0.05) is 17.3 Å². The van der Waals surface area contributed by atoms with Crippen LogP contribution in [0.4, 0.5) is 0 Å². The largest absolute Gasteiger partial charge is 0.298 e. The second kappa shape index (κ2) is 4.71. The number of carbonyl (C=O) groups excluding carboxylic acids is 1. The molecule has 0 fully saturated rings. The van der Waals surface area contributed by atoms with E-state index < -0.39 is 0 Å². The molecule has 0 bridgehead atoms. The van der Waals surface area contributed by atoms with Gasteiger partial charge in [-0.2, -0.15) is 0 Å². The molecule has 2 heteroatoms. The zero-order chi connectivity index (χ0) is 11.4. The predicted octanol–water partition coefficient (Wildman–Crippen LogP) is 3.12. The molecule has 0 saturated heterocycles. The minimum Gasteiger partial charge on any atom is -0.298 e. The number of aryl methyl sites for hydroxylation is 1. The molecule has 16 heavy (non-hydrogen) atoms. The van der Waals surface area contributed by atoms with E-state index >= 15 is 0 Å². The Hall–Kier alpha value is -1.96. The highest BCUT2D eigenvalue weighted by atomic mass is 16.1. The summed E-state index contributed by atoms with van der Waals surface area (Å²) in [7, 11) is 0. The molecule has 0 saturated carbocycles. The molecule has 2 nitrogen and oxygen atoms in total. The topological polar surface area (TPSA) is 30.0 Å². The summed E-state index contributed by atoms with van der Waals surface area (Å²) in [6.07, 6.45) is 3.54. The van der Waals surface area contributed by atoms with Crippen molar-refractivity contribution in [2.45, 2.75) is 13.3 Å². The third-order valence-electron chi connectivity index (χ3n) is 2.57. The van der Waals surface area contributed by atoms with E-state index in [2.05, 4.69) is 24.0 Å². The highest BCUT2D eigenvalue weighted by molar-refractivity contribution is 5.85. The summed E-state index contributed by atoms with van der Waals surface area (Å²) in [5, 5.41) is 0. The van der Waals surface area contributed by atoms with Gasteiger partial charge >= 0.3 is 0 Å². The van der Waals surface area contributed by atoms with E-state index in [1.54, 1.807) is 18.3 Å². The minimum absolute atomic E-state index is 0.635. The Morgan fingerprint density at radius 3 is 2.88 bits per heavy atom. The van der Waals surface area contributed by atoms with Crippen molar-refractivity contribution < 1.29 is 4.79 Å². The molecular formula is C14H13NO. The van der Waals surface area contributed by atoms with Crippen LogP contribution in [0.2, 0.25) is 0 Å². The molecule has 2 aromatic rings. The smallest absolute Gasteiger partial charge is 0.152 e. The van der Waals surface area contributed by atoms with Crippen LogP contribution in [0.25, 0.3) is 11.3 Å². The fraction of sp³-hybridized carbons (Fsp3) is 0.143. The van der Waals surface area contributed by atoms with Crippen LogP contribution in [-0.4, -0.2) is 11.3 Å². The van der Waals surface area contributed by atoms with E-state index in [4.69, 9.17) is 0 Å². The summed E-state index contributed by atoms with van der Waals surface area (Å²) < 4.78 is 0. The van der Waals surface area contributed by atoms with Crippen molar-refractivity contribution in [3.8, 4) is 11.3 Å². The Balaban J connectivity index is 2.53. The van der Waals surface area contributed by atoms with Crippen LogP contribution < -0.4 is 0 Å². The maximum absolute atomic E-state index is 10.9. The van der Waals surface area contributed by atoms with Gasteiger partial charge in [-0.3, -0.25) is 9.78 Å². The number of hydrogen-bond donors (Lipinski definition) is 0. The number of rotatable bonds is 3. The summed E-state index contributed by atoms with van der Waals surface area (Å²) >= 11 is 0. The maximum Gasteiger partial charge on any atom is 0.152 e. The van der Waals surface area contributed by atoms with Crippen LogP contribution in [-0.2, 0) is 6.42 Å². The molecule has 0 aliphatic heterocycles. The van der Waals surface area contributed by atoms with E-state index in [1.807, 2.05) is 12.1 Å². The molecule has 0 aliphatic carbocycles. The van der Waals surface area contributed by atoms with Gasteiger partial charge in [-0.1, -0.05) is 25.1 Å². The molecule has 0 amide bonds. The standard InChI is InChI=1S/C14H13NO/c1-2-11-5-3-6-12(9-11)14-13(10-16)7-4-8-15-14/h3-10H,2H2,1H3. The lowest BCUT2D eigenvalue weighted by Crippen LogP contribution is -1.91. The maximum atomic E-state index is 10.9. The van der Waals surface area contributed by atoms with E-state index in [1.165, 1.54) is 5.56 Å². The summed E-state index contributed by atoms with van der Waals surface area (Å²) in [5.74, 6) is 0. The van der Waals surface area contributed by atoms with Gasteiger partial charge in [-0.05, 0) is 30.2 Å². The molecule has 2 rings (SSSR count). The Labute approximate surface area is 95.0 Å². The molecule has 1 aromatic heterocycles. The molecule has 0 spiro atoms. The molecule has 80 valence electrons. The average Bonchev–Trinajstić information content (AvgIpc) is 2.38. The molecule has 0 N–H and O–H groups in total. The fourth-order valence-electron chi connectivity index (χ4n) is 1.69. The molecule has 0 atom stereocenters. The second-order valence-electron chi connectivity index (χ2n) is 3.61. The van der Waals surface area contributed by atoms with Crippen LogP contribution in [0.15, 0.2) is 42.6 Å². The first-order valence-corrected chi connectivity index (χ1v) is 5.34. The van der Waals surface area contributed by atoms with Gasteiger partial charge in [0.25, 0.3) is 0 Å². The monoisotopic (exact) mass is 211 g/mol. The van der Waals surface area contributed by atoms with Crippen LogP contribution in [0, 0.1) is 0 Å². The number of pyridine rings is 1. The van der Waals surface area contributed by atoms with Crippen molar-refractivity contribution >= 4 is 6.29 Å². The number of benzene rings is 1. The highest BCUT2D eigenvalue weighted by Crippen LogP contribution is 2.21. The third-order valence-corrected chi connectivity index (χ3v) is 2.57. The van der Waals surface area contributed by atoms with Crippen molar-refractivity contribution in [3.63, 3.8) is 0 Å². The number of aromatic nitrogens is 1. The van der Waals surface area contributed by atoms with Crippen LogP contribution in [0.1, 0.15) is 22.8 Å². The van der Waals surface area contributed by atoms with Gasteiger partial charge in [0.2, 0.25) is 0 Å². The lowest BCUT2D eigenvalue weighted by atomic mass is 10.0. The number of hydrogen-bond acceptors (Lipinski definition) is 2. The molecule has 1 aromatic carbocycles. The van der Waals surface area contributed by atoms with Gasteiger partial charge in [0.15, 0.2) is 6.29 Å². The predicted molar refractivity (Wildman–Crippen MR) is 64.4 cm³/mol. The zero-order valence-electron chi connectivity index (χ0n) is 9.18. The summed E-state index contributed by atoms with van der Waals surface area (Å²) in [5.41, 5.74) is 3.64. The van der Waals surface area contributed by atoms with E-state index in [9.17, 15) is 4.79 Å². The van der Waals surface area contributed by atoms with Crippen LogP contribution >= 0.6 is 0 Å². The van der Waals surface area contributed by atoms with Crippen molar-refractivity contribution in [1.82, 2.24) is 4.98 Å². The normalized spacial score (nSPS) is 10.1. The molecular weight excluding hydrogens is 198 g/mol. The zero-order valence-corrected chi connectivity index (χ0v) is 9.18. The second-order valence-corrected chi connectivity index (χ2v) is 3.61. The Morgan fingerprint density at radius 2 is 2.12 bits per heavy atom. The van der Waals surface area contributed by atoms with Crippen LogP contribution in [0.3, 0.4) is 0 Å². The molecule has 1 heterocycles. The van der Waals surface area contributed by atoms with E-state index in [-0.39, 0.29) is 0 Å². The Bertz CT molecular complexity index is 506. The van der Waals surface area contributed by atoms with E-state index in [0.29, 0.717) is 5.56 Å². The third kappa shape index (κ3) is 2.01. The minimum atomic E-state index is 0.635. The van der Waals surface area contributed by atoms with Crippen molar-refractivity contribution in [3.05, 3.63) is 53.7 Å². The first-order valence-electron chi connectivity index (χ1n) is 5.34. The Kier molecular flexibility index (Phi) is 3.10. The van der Waals surface area contributed by atoms with Gasteiger partial charge in [0.05, 0.1) is 5.69 Å². The van der Waals surface area contributed by atoms with Crippen molar-refractivity contribution in [1.29, 1.82) is 0 Å². The van der Waals surface area contributed by atoms with Gasteiger partial charge < -0.3 is 0 Å². The lowest BCUT2D eigenvalue weighted by molar-refractivity contribution is 0.112. The summed E-state index contributed by atoms with van der Waals surface area (Å²) in [6.45, 7) is 2.11. The summed E-state index contributed by atoms with van der Waals surface area (Å²) in [6, 6.07) is 11.7. The lowest BCUT2D eigenvalue weighted by Gasteiger charge is -2.05. The molecule has 0 aliphatic rings. The quantitative estimate of drug-likeness (QED) is 0.730. The highest BCUT2D eigenvalue weighted by Gasteiger charge is 2.05. The van der Waals surface area contributed by atoms with Gasteiger partial charge in [-0.25, -0.2) is 0 Å². The van der Waals surface area contributed by atoms with Gasteiger partial charge in [-0.15, -0.1) is 0 Å². The first kappa shape index (κ1) is 10.6. The molecule has 0 unspecified atom stereocenters. The van der Waals surface area contributed by atoms with Gasteiger partial charge in [0.1, 0.15) is 0 Å². The number of nitrogens with zero attached hydrogens (tertiary/aromatic N) is 1. The first-order chi connectivity index (χ1) is 7.85. The molecule has 0 radical (unpaired) electrons.